The molecular weight excluding hydrogens is 554 g/mol. The van der Waals surface area contributed by atoms with Crippen LogP contribution in [0.3, 0.4) is 0 Å². The summed E-state index contributed by atoms with van der Waals surface area (Å²) in [7, 11) is 0. The van der Waals surface area contributed by atoms with Crippen molar-refractivity contribution in [1.29, 1.82) is 0 Å². The van der Waals surface area contributed by atoms with Gasteiger partial charge in [-0.25, -0.2) is 4.79 Å². The quantitative estimate of drug-likeness (QED) is 0.214. The summed E-state index contributed by atoms with van der Waals surface area (Å²) in [5.74, 6) is -1.23. The fraction of sp³-hybridized carbons (Fsp3) is 0.303. The molecule has 0 fully saturated rings. The smallest absolute Gasteiger partial charge is 0.408 e. The van der Waals surface area contributed by atoms with Crippen molar-refractivity contribution >= 4 is 35.2 Å². The number of halogens is 1. The molecule has 3 rings (SSSR count). The molecule has 220 valence electrons. The van der Waals surface area contributed by atoms with Crippen LogP contribution in [0.2, 0.25) is 5.02 Å². The highest BCUT2D eigenvalue weighted by atomic mass is 35.5. The van der Waals surface area contributed by atoms with Gasteiger partial charge in [-0.05, 0) is 82.0 Å². The minimum atomic E-state index is -1.26. The second kappa shape index (κ2) is 13.5. The molecule has 2 unspecified atom stereocenters. The van der Waals surface area contributed by atoms with Crippen LogP contribution in [0.15, 0.2) is 60.7 Å². The van der Waals surface area contributed by atoms with Crippen molar-refractivity contribution in [2.45, 2.75) is 65.6 Å². The summed E-state index contributed by atoms with van der Waals surface area (Å²) in [6.45, 7) is 10.7. The molecule has 8 nitrogen and oxygen atoms in total. The molecule has 42 heavy (non-hydrogen) atoms. The zero-order chi connectivity index (χ0) is 31.2. The van der Waals surface area contributed by atoms with Crippen molar-refractivity contribution in [3.05, 3.63) is 93.5 Å². The second-order valence-electron chi connectivity index (χ2n) is 11.1. The molecule has 9 heteroatoms. The van der Waals surface area contributed by atoms with Gasteiger partial charge in [0.15, 0.2) is 0 Å². The fourth-order valence-electron chi connectivity index (χ4n) is 4.46. The number of aromatic hydroxyl groups is 1. The third kappa shape index (κ3) is 8.27. The Morgan fingerprint density at radius 1 is 1.02 bits per heavy atom. The van der Waals surface area contributed by atoms with Gasteiger partial charge in [0.05, 0.1) is 10.7 Å². The van der Waals surface area contributed by atoms with E-state index in [0.29, 0.717) is 21.8 Å². The number of carbonyl (C=O) groups is 3. The Labute approximate surface area is 252 Å². The van der Waals surface area contributed by atoms with Crippen molar-refractivity contribution in [3.8, 4) is 18.2 Å². The zero-order valence-electron chi connectivity index (χ0n) is 24.6. The number of terminal acetylenes is 1. The van der Waals surface area contributed by atoms with Gasteiger partial charge < -0.3 is 20.5 Å². The van der Waals surface area contributed by atoms with E-state index < -0.39 is 35.6 Å². The maximum absolute atomic E-state index is 14.2. The minimum absolute atomic E-state index is 0.0153. The number of nitrogens with one attached hydrogen (secondary N) is 2. The Morgan fingerprint density at radius 3 is 2.26 bits per heavy atom. The van der Waals surface area contributed by atoms with Crippen molar-refractivity contribution in [2.75, 3.05) is 5.32 Å². The van der Waals surface area contributed by atoms with Crippen LogP contribution >= 0.6 is 11.6 Å². The van der Waals surface area contributed by atoms with Gasteiger partial charge in [0, 0.05) is 12.5 Å². The molecule has 0 heterocycles. The number of hydrogen-bond acceptors (Lipinski definition) is 5. The second-order valence-corrected chi connectivity index (χ2v) is 11.5. The van der Waals surface area contributed by atoms with E-state index in [4.69, 9.17) is 22.8 Å². The summed E-state index contributed by atoms with van der Waals surface area (Å²) in [5, 5.41) is 15.5. The van der Waals surface area contributed by atoms with Gasteiger partial charge in [-0.2, -0.15) is 0 Å². The molecule has 0 aromatic heterocycles. The Morgan fingerprint density at radius 2 is 1.69 bits per heavy atom. The number of carbonyl (C=O) groups excluding carboxylic acids is 3. The van der Waals surface area contributed by atoms with Gasteiger partial charge in [0.1, 0.15) is 23.4 Å². The fourth-order valence-corrected chi connectivity index (χ4v) is 4.73. The zero-order valence-corrected chi connectivity index (χ0v) is 25.4. The molecule has 3 aromatic carbocycles. The van der Waals surface area contributed by atoms with Crippen LogP contribution in [0.4, 0.5) is 10.5 Å². The van der Waals surface area contributed by atoms with Crippen LogP contribution in [0.5, 0.6) is 5.75 Å². The van der Waals surface area contributed by atoms with Crippen molar-refractivity contribution in [2.24, 2.45) is 0 Å². The van der Waals surface area contributed by atoms with Crippen LogP contribution < -0.4 is 10.6 Å². The van der Waals surface area contributed by atoms with Crippen molar-refractivity contribution in [3.63, 3.8) is 0 Å². The maximum Gasteiger partial charge on any atom is 0.408 e. The van der Waals surface area contributed by atoms with Gasteiger partial charge in [-0.15, -0.1) is 0 Å². The molecule has 0 bridgehead atoms. The first-order valence-electron chi connectivity index (χ1n) is 13.4. The number of nitrogens with zero attached hydrogens (tertiary/aromatic N) is 1. The molecule has 3 aromatic rings. The number of benzene rings is 3. The van der Waals surface area contributed by atoms with Crippen molar-refractivity contribution < 1.29 is 24.2 Å². The molecule has 0 spiro atoms. The standard InChI is InChI=1S/C33H36ClN3O5/c1-8-37(31(40)27(35-32(41)42-33(5,6)7)19-23-13-15-24(38)16-14-23)29(25-17-12-20(2)18-22(25)4)30(39)36-28-21(3)10-9-11-26(28)34/h1,9-18,27,29,38H,19H2,2-7H3,(H,35,41)(H,36,39). The molecule has 2 atom stereocenters. The summed E-state index contributed by atoms with van der Waals surface area (Å²) in [6.07, 6.45) is 5.13. The Balaban J connectivity index is 2.08. The summed E-state index contributed by atoms with van der Waals surface area (Å²) >= 11 is 6.40. The highest BCUT2D eigenvalue weighted by molar-refractivity contribution is 6.34. The first-order chi connectivity index (χ1) is 19.7. The number of phenolic OH excluding ortho intramolecular Hbond substituents is 1. The van der Waals surface area contributed by atoms with Crippen LogP contribution in [0.1, 0.15) is 54.6 Å². The maximum atomic E-state index is 14.2. The first kappa shape index (κ1) is 32.0. The van der Waals surface area contributed by atoms with Gasteiger partial charge in [0.25, 0.3) is 11.8 Å². The van der Waals surface area contributed by atoms with Crippen LogP contribution in [-0.2, 0) is 20.7 Å². The van der Waals surface area contributed by atoms with Gasteiger partial charge >= 0.3 is 6.09 Å². The SMILES string of the molecule is C#CN(C(=O)C(Cc1ccc(O)cc1)NC(=O)OC(C)(C)C)C(C(=O)Nc1c(C)cccc1Cl)c1ccc(C)cc1C. The number of hydrogen-bond donors (Lipinski definition) is 3. The Kier molecular flexibility index (Phi) is 10.3. The van der Waals surface area contributed by atoms with E-state index in [1.807, 2.05) is 26.0 Å². The average molecular weight is 590 g/mol. The molecule has 0 saturated heterocycles. The average Bonchev–Trinajstić information content (AvgIpc) is 2.89. The van der Waals surface area contributed by atoms with E-state index in [2.05, 4.69) is 16.7 Å². The lowest BCUT2D eigenvalue weighted by Crippen LogP contribution is -2.52. The molecule has 3 N–H and O–H groups in total. The number of amides is 3. The lowest BCUT2D eigenvalue weighted by molar-refractivity contribution is -0.136. The first-order valence-corrected chi connectivity index (χ1v) is 13.8. The summed E-state index contributed by atoms with van der Waals surface area (Å²) in [5.41, 5.74) is 3.16. The summed E-state index contributed by atoms with van der Waals surface area (Å²) < 4.78 is 5.41. The van der Waals surface area contributed by atoms with E-state index in [9.17, 15) is 19.5 Å². The lowest BCUT2D eigenvalue weighted by atomic mass is 9.96. The number of phenols is 1. The van der Waals surface area contributed by atoms with E-state index >= 15 is 0 Å². The Bertz CT molecular complexity index is 1490. The third-order valence-corrected chi connectivity index (χ3v) is 6.75. The van der Waals surface area contributed by atoms with Gasteiger partial charge in [-0.3, -0.25) is 14.5 Å². The third-order valence-electron chi connectivity index (χ3n) is 6.44. The van der Waals surface area contributed by atoms with E-state index in [1.165, 1.54) is 12.1 Å². The molecule has 0 aliphatic carbocycles. The van der Waals surface area contributed by atoms with Gasteiger partial charge in [0.2, 0.25) is 0 Å². The topological polar surface area (TPSA) is 108 Å². The highest BCUT2D eigenvalue weighted by Crippen LogP contribution is 2.31. The Hall–Kier alpha value is -4.48. The predicted octanol–water partition coefficient (Wildman–Crippen LogP) is 6.21. The monoisotopic (exact) mass is 589 g/mol. The van der Waals surface area contributed by atoms with Crippen molar-refractivity contribution in [1.82, 2.24) is 10.2 Å². The molecular formula is C33H36ClN3O5. The number of para-hydroxylation sites is 1. The predicted molar refractivity (Wildman–Crippen MR) is 164 cm³/mol. The summed E-state index contributed by atoms with van der Waals surface area (Å²) in [4.78, 5) is 42.0. The van der Waals surface area contributed by atoms with Crippen LogP contribution in [-0.4, -0.2) is 39.6 Å². The van der Waals surface area contributed by atoms with E-state index in [-0.39, 0.29) is 12.2 Å². The molecule has 0 saturated carbocycles. The largest absolute Gasteiger partial charge is 0.508 e. The van der Waals surface area contributed by atoms with Gasteiger partial charge in [-0.1, -0.05) is 66.1 Å². The van der Waals surface area contributed by atoms with E-state index in [0.717, 1.165) is 21.6 Å². The normalized spacial score (nSPS) is 12.4. The molecule has 0 aliphatic rings. The number of aryl methyl sites for hydroxylation is 3. The highest BCUT2D eigenvalue weighted by Gasteiger charge is 2.37. The van der Waals surface area contributed by atoms with Crippen LogP contribution in [0.25, 0.3) is 0 Å². The molecule has 0 aliphatic heterocycles. The molecule has 0 radical (unpaired) electrons. The lowest BCUT2D eigenvalue weighted by Gasteiger charge is -2.31. The minimum Gasteiger partial charge on any atom is -0.508 e. The number of anilines is 1. The number of rotatable bonds is 8. The number of ether oxygens (including phenoxy) is 1. The number of alkyl carbamates (subject to hydrolysis) is 1. The van der Waals surface area contributed by atoms with E-state index in [1.54, 1.807) is 64.1 Å². The van der Waals surface area contributed by atoms with Crippen LogP contribution in [0, 0.1) is 33.2 Å². The summed E-state index contributed by atoms with van der Waals surface area (Å²) in [6, 6.07) is 16.8. The molecule has 3 amide bonds.